The van der Waals surface area contributed by atoms with E-state index in [0.29, 0.717) is 38.0 Å². The van der Waals surface area contributed by atoms with E-state index < -0.39 is 78.2 Å². The lowest BCUT2D eigenvalue weighted by atomic mass is 9.96. The van der Waals surface area contributed by atoms with Gasteiger partial charge in [-0.25, -0.2) is 0 Å². The van der Waals surface area contributed by atoms with E-state index in [1.165, 1.54) is 0 Å². The van der Waals surface area contributed by atoms with Crippen molar-refractivity contribution in [1.82, 2.24) is 26.2 Å². The quantitative estimate of drug-likeness (QED) is 0.138. The van der Waals surface area contributed by atoms with Crippen molar-refractivity contribution in [2.75, 3.05) is 19.7 Å². The lowest BCUT2D eigenvalue weighted by Crippen LogP contribution is -2.59. The molecule has 0 unspecified atom stereocenters. The first-order chi connectivity index (χ1) is 23.2. The van der Waals surface area contributed by atoms with Crippen molar-refractivity contribution in [2.45, 2.75) is 109 Å². The fourth-order valence-corrected chi connectivity index (χ4v) is 6.11. The first-order valence-corrected chi connectivity index (χ1v) is 17.1. The minimum absolute atomic E-state index is 0.00830. The highest BCUT2D eigenvalue weighted by atomic mass is 16.5. The molecule has 0 saturated carbocycles. The van der Waals surface area contributed by atoms with Crippen molar-refractivity contribution < 1.29 is 38.6 Å². The molecular weight excluding hydrogens is 634 g/mol. The number of aliphatic hydroxyl groups excluding tert-OH is 1. The van der Waals surface area contributed by atoms with Crippen LogP contribution >= 0.6 is 0 Å². The molecule has 7 atom stereocenters. The maximum atomic E-state index is 13.7. The third kappa shape index (κ3) is 11.7. The molecule has 3 aliphatic heterocycles. The number of amides is 6. The van der Waals surface area contributed by atoms with Gasteiger partial charge in [0.15, 0.2) is 0 Å². The van der Waals surface area contributed by atoms with Crippen LogP contribution in [0.5, 0.6) is 5.75 Å². The van der Waals surface area contributed by atoms with Gasteiger partial charge >= 0.3 is 0 Å². The molecule has 49 heavy (non-hydrogen) atoms. The second kappa shape index (κ2) is 18.5. The molecule has 1 saturated heterocycles. The minimum Gasteiger partial charge on any atom is -0.494 e. The molecule has 15 nitrogen and oxygen atoms in total. The second-order valence-corrected chi connectivity index (χ2v) is 13.4. The summed E-state index contributed by atoms with van der Waals surface area (Å²) in [6.45, 7) is 8.03. The molecule has 0 aromatic heterocycles. The Kier molecular flexibility index (Phi) is 14.8. The molecule has 1 aromatic carbocycles. The van der Waals surface area contributed by atoms with Gasteiger partial charge in [0.1, 0.15) is 23.9 Å². The van der Waals surface area contributed by atoms with E-state index in [1.54, 1.807) is 26.0 Å². The zero-order valence-corrected chi connectivity index (χ0v) is 28.9. The maximum absolute atomic E-state index is 13.7. The normalized spacial score (nSPS) is 23.1. The van der Waals surface area contributed by atoms with E-state index in [-0.39, 0.29) is 37.8 Å². The standard InChI is InChI=1S/C34H53N7O8/c1-5-20(4)30(34(48)39-29(19(2)3)31(36)45)40-33(47)25-8-6-14-41(25)18-26(42)23-16-21-10-12-22(13-11-21)49-15-7-9-28(44)37-24(17-27(35)43)32(46)38-23/h10-13,19-20,23-26,29-30,42H,5-9,14-18H2,1-4H3,(H2,35,43)(H2,36,45)(H,37,44)(H,38,46)(H,39,48)(H,40,47)/t20-,23-,24-,25-,26+,29-,30-/m0/s1. The zero-order chi connectivity index (χ0) is 36.2. The summed E-state index contributed by atoms with van der Waals surface area (Å²) >= 11 is 0. The number of ether oxygens (including phenoxy) is 1. The highest BCUT2D eigenvalue weighted by Gasteiger charge is 2.38. The molecule has 0 radical (unpaired) electrons. The Balaban J connectivity index is 1.80. The Morgan fingerprint density at radius 3 is 2.33 bits per heavy atom. The number of nitrogens with two attached hydrogens (primary N) is 2. The largest absolute Gasteiger partial charge is 0.494 e. The average molecular weight is 688 g/mol. The van der Waals surface area contributed by atoms with Crippen molar-refractivity contribution in [3.05, 3.63) is 29.8 Å². The number of likely N-dealkylation sites (tertiary alicyclic amines) is 1. The van der Waals surface area contributed by atoms with Crippen LogP contribution < -0.4 is 37.5 Å². The minimum atomic E-state index is -1.24. The van der Waals surface area contributed by atoms with Gasteiger partial charge in [0.05, 0.1) is 31.2 Å². The van der Waals surface area contributed by atoms with Gasteiger partial charge in [0, 0.05) is 13.0 Å². The number of hydrogen-bond acceptors (Lipinski definition) is 9. The predicted molar refractivity (Wildman–Crippen MR) is 180 cm³/mol. The van der Waals surface area contributed by atoms with E-state index in [0.717, 1.165) is 5.56 Å². The molecule has 0 spiro atoms. The highest BCUT2D eigenvalue weighted by molar-refractivity contribution is 5.93. The van der Waals surface area contributed by atoms with Crippen LogP contribution in [0.15, 0.2) is 24.3 Å². The number of fused-ring (bicyclic) bond motifs is 12. The molecule has 1 fully saturated rings. The predicted octanol–water partition coefficient (Wildman–Crippen LogP) is -0.771. The molecule has 2 bridgehead atoms. The number of nitrogens with one attached hydrogen (secondary N) is 4. The second-order valence-electron chi connectivity index (χ2n) is 13.4. The van der Waals surface area contributed by atoms with Crippen molar-refractivity contribution >= 4 is 35.4 Å². The van der Waals surface area contributed by atoms with Crippen molar-refractivity contribution in [2.24, 2.45) is 23.3 Å². The summed E-state index contributed by atoms with van der Waals surface area (Å²) in [4.78, 5) is 78.5. The summed E-state index contributed by atoms with van der Waals surface area (Å²) in [6, 6.07) is 2.58. The average Bonchev–Trinajstić information content (AvgIpc) is 3.51. The van der Waals surface area contributed by atoms with Gasteiger partial charge in [-0.05, 0) is 61.8 Å². The Labute approximate surface area is 287 Å². The molecule has 0 aliphatic carbocycles. The number of carbonyl (C=O) groups excluding carboxylic acids is 6. The smallest absolute Gasteiger partial charge is 0.243 e. The van der Waals surface area contributed by atoms with Crippen LogP contribution in [0.3, 0.4) is 0 Å². The van der Waals surface area contributed by atoms with Crippen LogP contribution in [0.2, 0.25) is 0 Å². The molecule has 3 aliphatic rings. The van der Waals surface area contributed by atoms with Crippen LogP contribution in [0.1, 0.15) is 71.8 Å². The number of nitrogens with zero attached hydrogens (tertiary/aromatic N) is 1. The van der Waals surface area contributed by atoms with Gasteiger partial charge in [0.25, 0.3) is 0 Å². The molecule has 272 valence electrons. The summed E-state index contributed by atoms with van der Waals surface area (Å²) in [7, 11) is 0. The van der Waals surface area contributed by atoms with Crippen molar-refractivity contribution in [1.29, 1.82) is 0 Å². The first kappa shape index (κ1) is 39.2. The molecule has 6 amide bonds. The molecular formula is C34H53N7O8. The van der Waals surface area contributed by atoms with E-state index in [2.05, 4.69) is 21.3 Å². The number of benzene rings is 1. The Hall–Kier alpha value is -4.24. The third-order valence-electron chi connectivity index (χ3n) is 9.20. The molecule has 3 heterocycles. The molecule has 15 heteroatoms. The fourth-order valence-electron chi connectivity index (χ4n) is 6.11. The number of aliphatic hydroxyl groups is 1. The Morgan fingerprint density at radius 2 is 1.71 bits per heavy atom. The zero-order valence-electron chi connectivity index (χ0n) is 28.9. The van der Waals surface area contributed by atoms with Crippen molar-refractivity contribution in [3.63, 3.8) is 0 Å². The molecule has 4 rings (SSSR count). The van der Waals surface area contributed by atoms with Gasteiger partial charge in [-0.1, -0.05) is 46.2 Å². The van der Waals surface area contributed by atoms with Crippen molar-refractivity contribution in [3.8, 4) is 5.75 Å². The van der Waals surface area contributed by atoms with Crippen LogP contribution in [0.25, 0.3) is 0 Å². The van der Waals surface area contributed by atoms with Crippen LogP contribution in [0, 0.1) is 11.8 Å². The monoisotopic (exact) mass is 687 g/mol. The summed E-state index contributed by atoms with van der Waals surface area (Å²) in [5.41, 5.74) is 11.7. The fraction of sp³-hybridized carbons (Fsp3) is 0.647. The Bertz CT molecular complexity index is 1320. The van der Waals surface area contributed by atoms with Crippen LogP contribution in [-0.4, -0.2) is 101 Å². The summed E-state index contributed by atoms with van der Waals surface area (Å²) < 4.78 is 5.72. The maximum Gasteiger partial charge on any atom is 0.243 e. The Morgan fingerprint density at radius 1 is 1.02 bits per heavy atom. The number of primary amides is 2. The van der Waals surface area contributed by atoms with E-state index in [4.69, 9.17) is 16.2 Å². The lowest BCUT2D eigenvalue weighted by molar-refractivity contribution is -0.134. The van der Waals surface area contributed by atoms with Gasteiger partial charge in [0.2, 0.25) is 35.4 Å². The number of β-amino-alcohol motifs (C(OH)–C–C–N with tert-alkyl or cyclic N) is 1. The molecule has 9 N–H and O–H groups in total. The first-order valence-electron chi connectivity index (χ1n) is 17.1. The summed E-state index contributed by atoms with van der Waals surface area (Å²) in [6.07, 6.45) is 0.768. The topological polar surface area (TPSA) is 235 Å². The number of carbonyl (C=O) groups is 6. The summed E-state index contributed by atoms with van der Waals surface area (Å²) in [5.74, 6) is -3.35. The molecule has 1 aromatic rings. The number of rotatable bonds is 13. The van der Waals surface area contributed by atoms with E-state index in [1.807, 2.05) is 30.9 Å². The highest BCUT2D eigenvalue weighted by Crippen LogP contribution is 2.21. The number of hydrogen-bond donors (Lipinski definition) is 7. The summed E-state index contributed by atoms with van der Waals surface area (Å²) in [5, 5.41) is 22.5. The van der Waals surface area contributed by atoms with Gasteiger partial charge < -0.3 is 42.6 Å². The lowest BCUT2D eigenvalue weighted by Gasteiger charge is -2.33. The SMILES string of the molecule is CC[C@H](C)[C@H](NC(=O)[C@@H]1CCCN1C[C@@H](O)[C@@H]1Cc2ccc(cc2)OCCCC(=O)N[C@@H](CC(N)=O)C(=O)N1)C(=O)N[C@H](C(N)=O)C(C)C. The van der Waals surface area contributed by atoms with Crippen LogP contribution in [-0.2, 0) is 35.2 Å². The van der Waals surface area contributed by atoms with E-state index in [9.17, 15) is 33.9 Å². The third-order valence-corrected chi connectivity index (χ3v) is 9.20. The van der Waals surface area contributed by atoms with Gasteiger partial charge in [-0.3, -0.25) is 33.7 Å². The van der Waals surface area contributed by atoms with Gasteiger partial charge in [-0.15, -0.1) is 0 Å². The van der Waals surface area contributed by atoms with E-state index >= 15 is 0 Å². The van der Waals surface area contributed by atoms with Gasteiger partial charge in [-0.2, -0.15) is 0 Å². The van der Waals surface area contributed by atoms with Crippen LogP contribution in [0.4, 0.5) is 0 Å².